The molecular weight excluding hydrogens is 282 g/mol. The van der Waals surface area contributed by atoms with Gasteiger partial charge in [-0.25, -0.2) is 4.98 Å². The van der Waals surface area contributed by atoms with Crippen LogP contribution in [0.3, 0.4) is 0 Å². The highest BCUT2D eigenvalue weighted by molar-refractivity contribution is 5.91. The maximum atomic E-state index is 11.5. The molecule has 0 bridgehead atoms. The first-order valence-electron chi connectivity index (χ1n) is 7.79. The second-order valence-electron chi connectivity index (χ2n) is 5.89. The SMILES string of the molecule is CC1CCCCC1Nc1ccc(NC(=O)CCC(=O)O)nc1. The summed E-state index contributed by atoms with van der Waals surface area (Å²) >= 11 is 0. The predicted octanol–water partition coefficient (Wildman–Crippen LogP) is 2.88. The van der Waals surface area contributed by atoms with E-state index in [4.69, 9.17) is 5.11 Å². The number of carbonyl (C=O) groups excluding carboxylic acids is 1. The normalized spacial score (nSPS) is 21.1. The first kappa shape index (κ1) is 16.3. The first-order chi connectivity index (χ1) is 10.5. The molecule has 1 heterocycles. The van der Waals surface area contributed by atoms with E-state index in [1.165, 1.54) is 25.7 Å². The summed E-state index contributed by atoms with van der Waals surface area (Å²) in [6, 6.07) is 4.10. The van der Waals surface area contributed by atoms with Crippen molar-refractivity contribution >= 4 is 23.4 Å². The van der Waals surface area contributed by atoms with Gasteiger partial charge in [-0.2, -0.15) is 0 Å². The number of nitrogens with one attached hydrogen (secondary N) is 2. The molecule has 0 spiro atoms. The number of aromatic nitrogens is 1. The molecule has 1 aromatic rings. The summed E-state index contributed by atoms with van der Waals surface area (Å²) in [5.74, 6) is -0.220. The molecule has 2 atom stereocenters. The number of anilines is 2. The first-order valence-corrected chi connectivity index (χ1v) is 7.79. The van der Waals surface area contributed by atoms with Gasteiger partial charge in [0.15, 0.2) is 0 Å². The highest BCUT2D eigenvalue weighted by atomic mass is 16.4. The Morgan fingerprint density at radius 3 is 2.68 bits per heavy atom. The van der Waals surface area contributed by atoms with Crippen LogP contribution in [0.1, 0.15) is 45.4 Å². The molecule has 1 saturated carbocycles. The van der Waals surface area contributed by atoms with Gasteiger partial charge >= 0.3 is 5.97 Å². The Bertz CT molecular complexity index is 516. The number of rotatable bonds is 6. The third kappa shape index (κ3) is 5.02. The van der Waals surface area contributed by atoms with E-state index in [2.05, 4.69) is 22.5 Å². The van der Waals surface area contributed by atoms with Crippen LogP contribution >= 0.6 is 0 Å². The van der Waals surface area contributed by atoms with Gasteiger partial charge in [0.05, 0.1) is 18.3 Å². The van der Waals surface area contributed by atoms with Crippen molar-refractivity contribution in [1.29, 1.82) is 0 Å². The van der Waals surface area contributed by atoms with Crippen LogP contribution in [-0.4, -0.2) is 28.0 Å². The number of pyridine rings is 1. The van der Waals surface area contributed by atoms with E-state index in [1.54, 1.807) is 12.3 Å². The van der Waals surface area contributed by atoms with Crippen LogP contribution in [0.4, 0.5) is 11.5 Å². The number of aliphatic carboxylic acids is 1. The standard InChI is InChI=1S/C16H23N3O3/c1-11-4-2-3-5-13(11)18-12-6-7-14(17-10-12)19-15(20)8-9-16(21)22/h6-7,10-11,13,18H,2-5,8-9H2,1H3,(H,21,22)(H,17,19,20). The van der Waals surface area contributed by atoms with Gasteiger partial charge in [0, 0.05) is 12.5 Å². The lowest BCUT2D eigenvalue weighted by Crippen LogP contribution is -2.30. The van der Waals surface area contributed by atoms with Gasteiger partial charge in [-0.1, -0.05) is 19.8 Å². The third-order valence-corrected chi connectivity index (χ3v) is 4.06. The van der Waals surface area contributed by atoms with Crippen molar-refractivity contribution in [3.05, 3.63) is 18.3 Å². The number of hydrogen-bond acceptors (Lipinski definition) is 4. The largest absolute Gasteiger partial charge is 0.481 e. The van der Waals surface area contributed by atoms with Crippen LogP contribution < -0.4 is 10.6 Å². The minimum absolute atomic E-state index is 0.0450. The van der Waals surface area contributed by atoms with E-state index in [0.717, 1.165) is 5.69 Å². The molecular formula is C16H23N3O3. The minimum Gasteiger partial charge on any atom is -0.481 e. The van der Waals surface area contributed by atoms with Crippen LogP contribution in [-0.2, 0) is 9.59 Å². The summed E-state index contributed by atoms with van der Waals surface area (Å²) in [5.41, 5.74) is 0.947. The minimum atomic E-state index is -0.982. The number of amides is 1. The number of hydrogen-bond donors (Lipinski definition) is 3. The van der Waals surface area contributed by atoms with E-state index >= 15 is 0 Å². The molecule has 1 amide bonds. The Kier molecular flexibility index (Phi) is 5.75. The molecule has 2 unspecified atom stereocenters. The van der Waals surface area contributed by atoms with Crippen molar-refractivity contribution in [2.24, 2.45) is 5.92 Å². The van der Waals surface area contributed by atoms with Crippen molar-refractivity contribution in [1.82, 2.24) is 4.98 Å². The predicted molar refractivity (Wildman–Crippen MR) is 84.8 cm³/mol. The van der Waals surface area contributed by atoms with Gasteiger partial charge in [-0.05, 0) is 30.9 Å². The van der Waals surface area contributed by atoms with Crippen LogP contribution in [0.15, 0.2) is 18.3 Å². The lowest BCUT2D eigenvalue weighted by Gasteiger charge is -2.30. The Morgan fingerprint density at radius 2 is 2.05 bits per heavy atom. The fraction of sp³-hybridized carbons (Fsp3) is 0.562. The van der Waals surface area contributed by atoms with Crippen LogP contribution in [0, 0.1) is 5.92 Å². The molecule has 6 heteroatoms. The highest BCUT2D eigenvalue weighted by Crippen LogP contribution is 2.26. The summed E-state index contributed by atoms with van der Waals surface area (Å²) in [6.45, 7) is 2.27. The van der Waals surface area contributed by atoms with Crippen LogP contribution in [0.25, 0.3) is 0 Å². The molecule has 1 fully saturated rings. The molecule has 2 rings (SSSR count). The van der Waals surface area contributed by atoms with E-state index in [9.17, 15) is 9.59 Å². The lowest BCUT2D eigenvalue weighted by atomic mass is 9.86. The van der Waals surface area contributed by atoms with Gasteiger partial charge in [-0.3, -0.25) is 9.59 Å². The quantitative estimate of drug-likeness (QED) is 0.751. The van der Waals surface area contributed by atoms with Crippen molar-refractivity contribution in [2.75, 3.05) is 10.6 Å². The Labute approximate surface area is 130 Å². The third-order valence-electron chi connectivity index (χ3n) is 4.06. The van der Waals surface area contributed by atoms with Crippen LogP contribution in [0.2, 0.25) is 0 Å². The Morgan fingerprint density at radius 1 is 1.27 bits per heavy atom. The number of carbonyl (C=O) groups is 2. The maximum absolute atomic E-state index is 11.5. The van der Waals surface area contributed by atoms with E-state index in [1.807, 2.05) is 6.07 Å². The van der Waals surface area contributed by atoms with Gasteiger partial charge < -0.3 is 15.7 Å². The van der Waals surface area contributed by atoms with Crippen molar-refractivity contribution in [2.45, 2.75) is 51.5 Å². The molecule has 0 saturated heterocycles. The zero-order valence-corrected chi connectivity index (χ0v) is 12.8. The Hall–Kier alpha value is -2.11. The average molecular weight is 305 g/mol. The Balaban J connectivity index is 1.84. The lowest BCUT2D eigenvalue weighted by molar-refractivity contribution is -0.138. The number of carboxylic acids is 1. The second-order valence-corrected chi connectivity index (χ2v) is 5.89. The molecule has 1 aromatic heterocycles. The highest BCUT2D eigenvalue weighted by Gasteiger charge is 2.20. The summed E-state index contributed by atoms with van der Waals surface area (Å²) < 4.78 is 0. The van der Waals surface area contributed by atoms with Gasteiger partial charge in [-0.15, -0.1) is 0 Å². The fourth-order valence-electron chi connectivity index (χ4n) is 2.72. The van der Waals surface area contributed by atoms with E-state index in [0.29, 0.717) is 17.8 Å². The smallest absolute Gasteiger partial charge is 0.303 e. The number of carboxylic acid groups (broad SMARTS) is 1. The zero-order chi connectivity index (χ0) is 15.9. The molecule has 6 nitrogen and oxygen atoms in total. The number of nitrogens with zero attached hydrogens (tertiary/aromatic N) is 1. The van der Waals surface area contributed by atoms with Crippen molar-refractivity contribution in [3.8, 4) is 0 Å². The molecule has 1 aliphatic rings. The van der Waals surface area contributed by atoms with Crippen LogP contribution in [0.5, 0.6) is 0 Å². The second kappa shape index (κ2) is 7.77. The topological polar surface area (TPSA) is 91.3 Å². The molecule has 22 heavy (non-hydrogen) atoms. The van der Waals surface area contributed by atoms with Gasteiger partial charge in [0.2, 0.25) is 5.91 Å². The molecule has 0 aliphatic heterocycles. The zero-order valence-electron chi connectivity index (χ0n) is 12.8. The molecule has 0 aromatic carbocycles. The molecule has 120 valence electrons. The van der Waals surface area contributed by atoms with Crippen molar-refractivity contribution < 1.29 is 14.7 Å². The van der Waals surface area contributed by atoms with E-state index < -0.39 is 5.97 Å². The fourth-order valence-corrected chi connectivity index (χ4v) is 2.72. The van der Waals surface area contributed by atoms with E-state index in [-0.39, 0.29) is 18.7 Å². The average Bonchev–Trinajstić information content (AvgIpc) is 2.49. The summed E-state index contributed by atoms with van der Waals surface area (Å²) in [7, 11) is 0. The molecule has 1 aliphatic carbocycles. The summed E-state index contributed by atoms with van der Waals surface area (Å²) in [4.78, 5) is 26.1. The van der Waals surface area contributed by atoms with Crippen molar-refractivity contribution in [3.63, 3.8) is 0 Å². The maximum Gasteiger partial charge on any atom is 0.303 e. The molecule has 3 N–H and O–H groups in total. The monoisotopic (exact) mass is 305 g/mol. The molecule has 0 radical (unpaired) electrons. The summed E-state index contributed by atoms with van der Waals surface area (Å²) in [5, 5.41) is 14.6. The van der Waals surface area contributed by atoms with Gasteiger partial charge in [0.25, 0.3) is 0 Å². The summed E-state index contributed by atoms with van der Waals surface area (Å²) in [6.07, 6.45) is 6.47. The van der Waals surface area contributed by atoms with Gasteiger partial charge in [0.1, 0.15) is 5.82 Å².